The number of likely N-dealkylation sites (tertiary alicyclic amines) is 2. The maximum Gasteiger partial charge on any atom is 0.251 e. The van der Waals surface area contributed by atoms with Crippen LogP contribution in [0.15, 0.2) is 48.7 Å². The van der Waals surface area contributed by atoms with Crippen molar-refractivity contribution in [2.45, 2.75) is 44.4 Å². The van der Waals surface area contributed by atoms with Crippen molar-refractivity contribution in [3.63, 3.8) is 0 Å². The molecule has 2 atom stereocenters. The minimum Gasteiger partial charge on any atom is -0.492 e. The summed E-state index contributed by atoms with van der Waals surface area (Å²) in [5, 5.41) is 13.6. The number of nitrogens with one attached hydrogen (secondary N) is 1. The lowest BCUT2D eigenvalue weighted by Gasteiger charge is -2.27. The van der Waals surface area contributed by atoms with Crippen LogP contribution >= 0.6 is 0 Å². The Balaban J connectivity index is 1.29. The number of hydrogen-bond acceptors (Lipinski definition) is 6. The van der Waals surface area contributed by atoms with Crippen molar-refractivity contribution < 1.29 is 14.6 Å². The number of aliphatic hydroxyl groups excluding tert-OH is 1. The highest BCUT2D eigenvalue weighted by atomic mass is 16.5. The van der Waals surface area contributed by atoms with Crippen molar-refractivity contribution in [3.05, 3.63) is 59.9 Å². The van der Waals surface area contributed by atoms with Gasteiger partial charge in [-0.25, -0.2) is 0 Å². The molecule has 0 spiro atoms. The summed E-state index contributed by atoms with van der Waals surface area (Å²) in [5.74, 6) is 0.606. The molecule has 0 aliphatic carbocycles. The highest BCUT2D eigenvalue weighted by Crippen LogP contribution is 2.16. The van der Waals surface area contributed by atoms with E-state index in [2.05, 4.69) is 20.1 Å². The first-order valence-corrected chi connectivity index (χ1v) is 11.7. The van der Waals surface area contributed by atoms with E-state index in [1.807, 2.05) is 30.3 Å². The average Bonchev–Trinajstić information content (AvgIpc) is 3.27. The van der Waals surface area contributed by atoms with E-state index in [9.17, 15) is 9.90 Å². The van der Waals surface area contributed by atoms with Crippen molar-refractivity contribution in [2.75, 3.05) is 39.3 Å². The van der Waals surface area contributed by atoms with E-state index in [0.717, 1.165) is 44.0 Å². The standard InChI is InChI=1S/C25H34N4O3/c30-24-7-5-15-29(18-21-6-1-2-12-26-21)19-23(24)27-25(31)20-8-10-22(11-9-20)32-17-16-28-13-3-4-14-28/h1-2,6,8-12,23-24,30H,3-5,7,13-19H2,(H,27,31)/t23-,24-/m1/s1. The maximum absolute atomic E-state index is 12.8. The highest BCUT2D eigenvalue weighted by molar-refractivity contribution is 5.94. The molecule has 2 aliphatic rings. The third-order valence-electron chi connectivity index (χ3n) is 6.31. The fraction of sp³-hybridized carbons (Fsp3) is 0.520. The maximum atomic E-state index is 12.8. The molecule has 172 valence electrons. The van der Waals surface area contributed by atoms with E-state index in [-0.39, 0.29) is 11.9 Å². The summed E-state index contributed by atoms with van der Waals surface area (Å²) in [4.78, 5) is 21.9. The Morgan fingerprint density at radius 3 is 2.59 bits per heavy atom. The number of amides is 1. The van der Waals surface area contributed by atoms with E-state index in [4.69, 9.17) is 4.74 Å². The van der Waals surface area contributed by atoms with Gasteiger partial charge in [0.15, 0.2) is 0 Å². The molecule has 2 fully saturated rings. The molecule has 1 aromatic carbocycles. The first-order chi connectivity index (χ1) is 15.7. The molecule has 0 bridgehead atoms. The van der Waals surface area contributed by atoms with E-state index >= 15 is 0 Å². The molecule has 4 rings (SSSR count). The summed E-state index contributed by atoms with van der Waals surface area (Å²) in [6, 6.07) is 12.8. The van der Waals surface area contributed by atoms with Crippen LogP contribution < -0.4 is 10.1 Å². The van der Waals surface area contributed by atoms with Gasteiger partial charge in [-0.3, -0.25) is 19.6 Å². The molecule has 0 radical (unpaired) electrons. The van der Waals surface area contributed by atoms with E-state index in [0.29, 0.717) is 31.7 Å². The molecule has 2 aromatic rings. The number of nitrogens with zero attached hydrogens (tertiary/aromatic N) is 3. The summed E-state index contributed by atoms with van der Waals surface area (Å²) in [6.07, 6.45) is 5.36. The molecule has 1 aromatic heterocycles. The number of benzene rings is 1. The quantitative estimate of drug-likeness (QED) is 0.659. The normalized spacial score (nSPS) is 22.4. The van der Waals surface area contributed by atoms with Gasteiger partial charge in [-0.15, -0.1) is 0 Å². The van der Waals surface area contributed by atoms with Crippen molar-refractivity contribution >= 4 is 5.91 Å². The molecule has 2 N–H and O–H groups in total. The Hall–Kier alpha value is -2.48. The van der Waals surface area contributed by atoms with Gasteiger partial charge in [0, 0.05) is 31.4 Å². The fourth-order valence-corrected chi connectivity index (χ4v) is 4.48. The summed E-state index contributed by atoms with van der Waals surface area (Å²) in [6.45, 7) is 6.11. The largest absolute Gasteiger partial charge is 0.492 e. The lowest BCUT2D eigenvalue weighted by atomic mass is 10.1. The Morgan fingerprint density at radius 1 is 1.06 bits per heavy atom. The van der Waals surface area contributed by atoms with Gasteiger partial charge in [0.2, 0.25) is 0 Å². The van der Waals surface area contributed by atoms with Gasteiger partial charge >= 0.3 is 0 Å². The molecule has 7 heteroatoms. The van der Waals surface area contributed by atoms with Crippen LogP contribution in [0.25, 0.3) is 0 Å². The highest BCUT2D eigenvalue weighted by Gasteiger charge is 2.27. The minimum absolute atomic E-state index is 0.169. The predicted molar refractivity (Wildman–Crippen MR) is 124 cm³/mol. The van der Waals surface area contributed by atoms with Crippen molar-refractivity contribution in [2.24, 2.45) is 0 Å². The lowest BCUT2D eigenvalue weighted by molar-refractivity contribution is 0.0797. The molecule has 1 amide bonds. The Labute approximate surface area is 190 Å². The van der Waals surface area contributed by atoms with Crippen molar-refractivity contribution in [1.29, 1.82) is 0 Å². The van der Waals surface area contributed by atoms with Crippen molar-refractivity contribution in [3.8, 4) is 5.75 Å². The predicted octanol–water partition coefficient (Wildman–Crippen LogP) is 2.31. The third kappa shape index (κ3) is 6.51. The second-order valence-electron chi connectivity index (χ2n) is 8.77. The van der Waals surface area contributed by atoms with Gasteiger partial charge < -0.3 is 15.2 Å². The SMILES string of the molecule is O=C(N[C@@H]1CN(Cc2ccccn2)CCC[C@H]1O)c1ccc(OCCN2CCCC2)cc1. The van der Waals surface area contributed by atoms with Crippen LogP contribution in [-0.2, 0) is 6.54 Å². The summed E-state index contributed by atoms with van der Waals surface area (Å²) in [5.41, 5.74) is 1.57. The van der Waals surface area contributed by atoms with Crippen LogP contribution in [-0.4, -0.2) is 77.3 Å². The van der Waals surface area contributed by atoms with Gasteiger partial charge in [0.05, 0.1) is 17.8 Å². The lowest BCUT2D eigenvalue weighted by Crippen LogP contribution is -2.48. The smallest absolute Gasteiger partial charge is 0.251 e. The van der Waals surface area contributed by atoms with E-state index in [1.165, 1.54) is 12.8 Å². The van der Waals surface area contributed by atoms with Crippen LogP contribution in [0, 0.1) is 0 Å². The molecule has 2 aliphatic heterocycles. The van der Waals surface area contributed by atoms with Gasteiger partial charge in [-0.05, 0) is 81.7 Å². The monoisotopic (exact) mass is 438 g/mol. The molecule has 7 nitrogen and oxygen atoms in total. The first kappa shape index (κ1) is 22.7. The van der Waals surface area contributed by atoms with Gasteiger partial charge in [0.25, 0.3) is 5.91 Å². The number of carbonyl (C=O) groups is 1. The molecular formula is C25H34N4O3. The topological polar surface area (TPSA) is 77.9 Å². The molecule has 0 unspecified atom stereocenters. The number of aliphatic hydroxyl groups is 1. The fourth-order valence-electron chi connectivity index (χ4n) is 4.48. The second kappa shape index (κ2) is 11.4. The summed E-state index contributed by atoms with van der Waals surface area (Å²) < 4.78 is 5.83. The third-order valence-corrected chi connectivity index (χ3v) is 6.31. The zero-order valence-electron chi connectivity index (χ0n) is 18.7. The van der Waals surface area contributed by atoms with Gasteiger partial charge in [-0.2, -0.15) is 0 Å². The summed E-state index contributed by atoms with van der Waals surface area (Å²) >= 11 is 0. The minimum atomic E-state index is -0.555. The summed E-state index contributed by atoms with van der Waals surface area (Å²) in [7, 11) is 0. The van der Waals surface area contributed by atoms with Crippen LogP contribution in [0.3, 0.4) is 0 Å². The number of ether oxygens (including phenoxy) is 1. The number of rotatable bonds is 8. The Bertz CT molecular complexity index is 840. The second-order valence-corrected chi connectivity index (χ2v) is 8.77. The van der Waals surface area contributed by atoms with Crippen LogP contribution in [0.1, 0.15) is 41.7 Å². The van der Waals surface area contributed by atoms with Crippen LogP contribution in [0.4, 0.5) is 0 Å². The van der Waals surface area contributed by atoms with E-state index < -0.39 is 6.10 Å². The average molecular weight is 439 g/mol. The zero-order chi connectivity index (χ0) is 22.2. The van der Waals surface area contributed by atoms with Gasteiger partial charge in [0.1, 0.15) is 12.4 Å². The zero-order valence-corrected chi connectivity index (χ0v) is 18.7. The number of pyridine rings is 1. The Morgan fingerprint density at radius 2 is 1.84 bits per heavy atom. The molecule has 32 heavy (non-hydrogen) atoms. The molecule has 0 saturated carbocycles. The number of carbonyl (C=O) groups excluding carboxylic acids is 1. The first-order valence-electron chi connectivity index (χ1n) is 11.7. The van der Waals surface area contributed by atoms with Crippen molar-refractivity contribution in [1.82, 2.24) is 20.1 Å². The number of aromatic nitrogens is 1. The Kier molecular flexibility index (Phi) is 8.09. The van der Waals surface area contributed by atoms with Crippen LogP contribution in [0.2, 0.25) is 0 Å². The molecular weight excluding hydrogens is 404 g/mol. The van der Waals surface area contributed by atoms with Gasteiger partial charge in [-0.1, -0.05) is 6.07 Å². The van der Waals surface area contributed by atoms with E-state index in [1.54, 1.807) is 18.3 Å². The number of hydrogen-bond donors (Lipinski definition) is 2. The molecule has 2 saturated heterocycles. The van der Waals surface area contributed by atoms with Crippen LogP contribution in [0.5, 0.6) is 5.75 Å². The molecule has 3 heterocycles.